The van der Waals surface area contributed by atoms with Gasteiger partial charge in [-0.3, -0.25) is 0 Å². The molecule has 0 saturated heterocycles. The predicted molar refractivity (Wildman–Crippen MR) is 54.7 cm³/mol. The van der Waals surface area contributed by atoms with Gasteiger partial charge >= 0.3 is 57.5 Å². The molecule has 0 bridgehead atoms. The number of carbonyl (C=O) groups excluding carboxylic acids is 1. The zero-order chi connectivity index (χ0) is 8.91. The van der Waals surface area contributed by atoms with Gasteiger partial charge in [0.1, 0.15) is 13.4 Å². The van der Waals surface area contributed by atoms with Crippen LogP contribution in [0, 0.1) is 0 Å². The molecule has 0 aliphatic rings. The summed E-state index contributed by atoms with van der Waals surface area (Å²) >= 11 is 0. The van der Waals surface area contributed by atoms with Gasteiger partial charge in [-0.2, -0.15) is 0 Å². The van der Waals surface area contributed by atoms with E-state index in [2.05, 4.69) is 5.32 Å². The van der Waals surface area contributed by atoms with Crippen molar-refractivity contribution in [2.24, 2.45) is 0 Å². The molecule has 1 N–H and O–H groups in total. The van der Waals surface area contributed by atoms with Gasteiger partial charge in [-0.1, -0.05) is 6.32 Å². The van der Waals surface area contributed by atoms with Gasteiger partial charge in [-0.15, -0.1) is 0 Å². The molecular weight excluding hydrogens is 180 g/mol. The fourth-order valence-corrected chi connectivity index (χ4v) is 0.541. The van der Waals surface area contributed by atoms with Crippen LogP contribution in [0.15, 0.2) is 0 Å². The summed E-state index contributed by atoms with van der Waals surface area (Å²) in [6.45, 7) is 6.21. The van der Waals surface area contributed by atoms with Gasteiger partial charge in [0.05, 0.1) is 0 Å². The van der Waals surface area contributed by atoms with Crippen molar-refractivity contribution in [3.05, 3.63) is 0 Å². The van der Waals surface area contributed by atoms with Crippen molar-refractivity contribution in [2.75, 3.05) is 6.54 Å². The van der Waals surface area contributed by atoms with Crippen LogP contribution in [0.4, 0.5) is 4.79 Å². The predicted octanol–water partition coefficient (Wildman–Crippen LogP) is -0.0860. The van der Waals surface area contributed by atoms with E-state index in [1.807, 2.05) is 28.6 Å². The van der Waals surface area contributed by atoms with E-state index < -0.39 is 5.60 Å². The maximum atomic E-state index is 10.9. The van der Waals surface area contributed by atoms with Crippen molar-refractivity contribution in [3.8, 4) is 0 Å². The minimum absolute atomic E-state index is 0. The van der Waals surface area contributed by atoms with Crippen LogP contribution in [0.3, 0.4) is 0 Å². The van der Waals surface area contributed by atoms with E-state index in [9.17, 15) is 4.79 Å². The Hall–Kier alpha value is 0.971. The van der Waals surface area contributed by atoms with Crippen molar-refractivity contribution >= 4 is 65.3 Å². The summed E-state index contributed by atoms with van der Waals surface area (Å²) in [5, 5.41) is 2.63. The van der Waals surface area contributed by atoms with Crippen LogP contribution < -0.4 is 5.32 Å². The number of hydrogen-bond donors (Lipinski definition) is 1. The molecule has 0 radical (unpaired) electrons. The number of alkyl carbamates (subject to hydrolysis) is 1. The Morgan fingerprint density at radius 3 is 2.33 bits per heavy atom. The molecule has 1 amide bonds. The molecule has 0 saturated carbocycles. The van der Waals surface area contributed by atoms with E-state index in [0.717, 1.165) is 6.32 Å². The van der Waals surface area contributed by atoms with Gasteiger partial charge in [0.25, 0.3) is 0 Å². The van der Waals surface area contributed by atoms with Gasteiger partial charge in [-0.05, 0) is 20.8 Å². The summed E-state index contributed by atoms with van der Waals surface area (Å²) in [5.74, 6) is 0. The summed E-state index contributed by atoms with van der Waals surface area (Å²) in [4.78, 5) is 10.9. The molecule has 0 atom stereocenters. The molecule has 12 heavy (non-hydrogen) atoms. The Morgan fingerprint density at radius 1 is 1.50 bits per heavy atom. The normalized spacial score (nSPS) is 9.92. The summed E-state index contributed by atoms with van der Waals surface area (Å²) in [5.41, 5.74) is -0.391. The molecule has 0 spiro atoms. The van der Waals surface area contributed by atoms with E-state index in [0.29, 0.717) is 6.54 Å². The van der Waals surface area contributed by atoms with E-state index in [1.54, 1.807) is 0 Å². The standard InChI is InChI=1S/C7H16BNO2.K.H/c1-7(2,3)11-6(10)9-5-4-8;;/h4-5,8H2,1-3H3,(H,9,10);;. The maximum absolute atomic E-state index is 10.9. The number of amides is 1. The summed E-state index contributed by atoms with van der Waals surface area (Å²) in [6.07, 6.45) is 0.596. The molecule has 0 fully saturated rings. The van der Waals surface area contributed by atoms with Gasteiger partial charge in [-0.25, -0.2) is 4.79 Å². The summed E-state index contributed by atoms with van der Waals surface area (Å²) < 4.78 is 4.99. The number of nitrogens with one attached hydrogen (secondary N) is 1. The second kappa shape index (κ2) is 7.38. The zero-order valence-electron chi connectivity index (χ0n) is 7.73. The summed E-state index contributed by atoms with van der Waals surface area (Å²) in [6, 6.07) is 0. The Kier molecular flexibility index (Phi) is 9.50. The third-order valence-corrected chi connectivity index (χ3v) is 0.918. The Bertz CT molecular complexity index is 136. The Labute approximate surface area is 118 Å². The van der Waals surface area contributed by atoms with Gasteiger partial charge < -0.3 is 10.1 Å². The topological polar surface area (TPSA) is 38.3 Å². The van der Waals surface area contributed by atoms with Crippen LogP contribution in [0.1, 0.15) is 20.8 Å². The van der Waals surface area contributed by atoms with Crippen molar-refractivity contribution < 1.29 is 9.53 Å². The van der Waals surface area contributed by atoms with Crippen LogP contribution in [0.2, 0.25) is 6.32 Å². The first-order valence-electron chi connectivity index (χ1n) is 3.92. The number of ether oxygens (including phenoxy) is 1. The van der Waals surface area contributed by atoms with Gasteiger partial charge in [0.15, 0.2) is 0 Å². The van der Waals surface area contributed by atoms with Crippen LogP contribution in [-0.4, -0.2) is 77.5 Å². The molecule has 66 valence electrons. The van der Waals surface area contributed by atoms with Crippen molar-refractivity contribution in [2.45, 2.75) is 32.7 Å². The van der Waals surface area contributed by atoms with E-state index in [-0.39, 0.29) is 57.5 Å². The van der Waals surface area contributed by atoms with Gasteiger partial charge in [0.2, 0.25) is 0 Å². The molecule has 3 nitrogen and oxygen atoms in total. The molecule has 0 unspecified atom stereocenters. The van der Waals surface area contributed by atoms with Crippen LogP contribution in [0.5, 0.6) is 0 Å². The quantitative estimate of drug-likeness (QED) is 0.628. The van der Waals surface area contributed by atoms with Crippen molar-refractivity contribution in [1.29, 1.82) is 0 Å². The number of hydrogen-bond acceptors (Lipinski definition) is 2. The molecule has 5 heteroatoms. The monoisotopic (exact) mass is 197 g/mol. The van der Waals surface area contributed by atoms with E-state index in [1.165, 1.54) is 0 Å². The molecular formula is C7H17BKNO2. The third-order valence-electron chi connectivity index (χ3n) is 0.918. The average molecular weight is 197 g/mol. The first-order valence-corrected chi connectivity index (χ1v) is 3.92. The Morgan fingerprint density at radius 2 is 2.00 bits per heavy atom. The molecule has 0 aromatic heterocycles. The van der Waals surface area contributed by atoms with E-state index >= 15 is 0 Å². The van der Waals surface area contributed by atoms with Crippen LogP contribution in [0.25, 0.3) is 0 Å². The van der Waals surface area contributed by atoms with Crippen molar-refractivity contribution in [3.63, 3.8) is 0 Å². The number of rotatable bonds is 2. The average Bonchev–Trinajstić information content (AvgIpc) is 1.79. The number of carbonyl (C=O) groups is 1. The molecule has 0 aliphatic heterocycles. The fraction of sp³-hybridized carbons (Fsp3) is 0.857. The second-order valence-electron chi connectivity index (χ2n) is 3.43. The minimum atomic E-state index is -0.391. The SMILES string of the molecule is BCCNC(=O)OC(C)(C)C.[KH]. The van der Waals surface area contributed by atoms with Crippen molar-refractivity contribution in [1.82, 2.24) is 5.32 Å². The van der Waals surface area contributed by atoms with Crippen LogP contribution in [-0.2, 0) is 4.74 Å². The molecule has 0 aliphatic carbocycles. The zero-order valence-corrected chi connectivity index (χ0v) is 7.73. The molecule has 0 aromatic carbocycles. The molecule has 0 rings (SSSR count). The van der Waals surface area contributed by atoms with Crippen LogP contribution >= 0.6 is 0 Å². The first-order chi connectivity index (χ1) is 4.95. The molecule has 0 heterocycles. The fourth-order valence-electron chi connectivity index (χ4n) is 0.541. The summed E-state index contributed by atoms with van der Waals surface area (Å²) in [7, 11) is 2.00. The third kappa shape index (κ3) is 11.0. The van der Waals surface area contributed by atoms with E-state index in [4.69, 9.17) is 4.74 Å². The second-order valence-corrected chi connectivity index (χ2v) is 3.43. The van der Waals surface area contributed by atoms with Gasteiger partial charge in [0, 0.05) is 6.54 Å². The molecule has 0 aromatic rings. The Balaban J connectivity index is 0. The first kappa shape index (κ1) is 15.4.